The Hall–Kier alpha value is -1.73. The molecule has 7 nitrogen and oxygen atoms in total. The second-order valence-electron chi connectivity index (χ2n) is 7.29. The van der Waals surface area contributed by atoms with Crippen LogP contribution in [0.15, 0.2) is 10.9 Å². The summed E-state index contributed by atoms with van der Waals surface area (Å²) in [6, 6.07) is 1.23. The van der Waals surface area contributed by atoms with Crippen molar-refractivity contribution in [1.29, 1.82) is 0 Å². The molecule has 5 N–H and O–H groups in total. The van der Waals surface area contributed by atoms with E-state index in [1.807, 2.05) is 0 Å². The molecule has 138 valence electrons. The highest BCUT2D eigenvalue weighted by Crippen LogP contribution is 2.35. The molecule has 1 saturated heterocycles. The van der Waals surface area contributed by atoms with Crippen molar-refractivity contribution in [3.05, 3.63) is 27.9 Å². The van der Waals surface area contributed by atoms with Gasteiger partial charge in [-0.15, -0.1) is 0 Å². The van der Waals surface area contributed by atoms with E-state index in [1.165, 1.54) is 44.6 Å². The molecule has 2 heterocycles. The molecule has 3 rings (SSSR count). The van der Waals surface area contributed by atoms with Crippen LogP contribution in [0.5, 0.6) is 0 Å². The van der Waals surface area contributed by atoms with Gasteiger partial charge < -0.3 is 21.4 Å². The lowest BCUT2D eigenvalue weighted by Crippen LogP contribution is -2.49. The summed E-state index contributed by atoms with van der Waals surface area (Å²) in [5, 5.41) is 6.23. The van der Waals surface area contributed by atoms with Crippen molar-refractivity contribution in [2.24, 2.45) is 17.6 Å². The molecule has 2 unspecified atom stereocenters. The molecule has 0 bridgehead atoms. The van der Waals surface area contributed by atoms with Gasteiger partial charge >= 0.3 is 0 Å². The number of amides is 1. The second kappa shape index (κ2) is 8.58. The third kappa shape index (κ3) is 4.89. The fourth-order valence-electron chi connectivity index (χ4n) is 4.23. The van der Waals surface area contributed by atoms with Gasteiger partial charge in [-0.3, -0.25) is 9.59 Å². The average Bonchev–Trinajstić information content (AvgIpc) is 2.66. The van der Waals surface area contributed by atoms with Gasteiger partial charge in [-0.25, -0.2) is 4.98 Å². The smallest absolute Gasteiger partial charge is 0.251 e. The molecule has 25 heavy (non-hydrogen) atoms. The van der Waals surface area contributed by atoms with Crippen LogP contribution in [0.1, 0.15) is 56.5 Å². The molecular weight excluding hydrogens is 318 g/mol. The number of nitrogens with zero attached hydrogens (tertiary/aromatic N) is 1. The molecule has 1 saturated carbocycles. The summed E-state index contributed by atoms with van der Waals surface area (Å²) in [4.78, 5) is 31.0. The average molecular weight is 347 g/mol. The van der Waals surface area contributed by atoms with Crippen molar-refractivity contribution in [2.45, 2.75) is 64.1 Å². The lowest BCUT2D eigenvalue weighted by molar-refractivity contribution is -0.124. The van der Waals surface area contributed by atoms with Crippen molar-refractivity contribution >= 4 is 5.91 Å². The second-order valence-corrected chi connectivity index (χ2v) is 7.29. The molecule has 2 atom stereocenters. The maximum absolute atomic E-state index is 12.5. The van der Waals surface area contributed by atoms with E-state index in [9.17, 15) is 9.59 Å². The van der Waals surface area contributed by atoms with Crippen LogP contribution in [0, 0.1) is 11.8 Å². The van der Waals surface area contributed by atoms with Crippen LogP contribution in [0.25, 0.3) is 0 Å². The number of nitrogens with two attached hydrogens (primary N) is 1. The van der Waals surface area contributed by atoms with Crippen LogP contribution >= 0.6 is 0 Å². The number of nitrogens with one attached hydrogen (secondary N) is 3. The van der Waals surface area contributed by atoms with Gasteiger partial charge in [0, 0.05) is 12.6 Å². The maximum Gasteiger partial charge on any atom is 0.251 e. The summed E-state index contributed by atoms with van der Waals surface area (Å²) >= 11 is 0. The zero-order chi connectivity index (χ0) is 17.6. The lowest BCUT2D eigenvalue weighted by atomic mass is 9.74. The third-order valence-corrected chi connectivity index (χ3v) is 5.56. The van der Waals surface area contributed by atoms with E-state index >= 15 is 0 Å². The molecule has 1 aliphatic carbocycles. The summed E-state index contributed by atoms with van der Waals surface area (Å²) < 4.78 is 0. The van der Waals surface area contributed by atoms with Gasteiger partial charge in [0.2, 0.25) is 5.91 Å². The first kappa shape index (κ1) is 18.1. The minimum Gasteiger partial charge on any atom is -0.348 e. The van der Waals surface area contributed by atoms with Crippen LogP contribution in [0.4, 0.5) is 0 Å². The highest BCUT2D eigenvalue weighted by molar-refractivity contribution is 5.81. The van der Waals surface area contributed by atoms with Crippen LogP contribution in [-0.2, 0) is 17.9 Å². The van der Waals surface area contributed by atoms with Crippen molar-refractivity contribution in [3.63, 3.8) is 0 Å². The predicted octanol–water partition coefficient (Wildman–Crippen LogP) is 0.793. The van der Waals surface area contributed by atoms with E-state index in [-0.39, 0.29) is 30.6 Å². The Balaban J connectivity index is 1.53. The van der Waals surface area contributed by atoms with Crippen molar-refractivity contribution in [1.82, 2.24) is 20.6 Å². The number of hydrogen-bond acceptors (Lipinski definition) is 5. The quantitative estimate of drug-likeness (QED) is 0.629. The highest BCUT2D eigenvalue weighted by atomic mass is 16.2. The van der Waals surface area contributed by atoms with Gasteiger partial charge in [0.25, 0.3) is 5.56 Å². The fraction of sp³-hybridized carbons (Fsp3) is 0.722. The van der Waals surface area contributed by atoms with E-state index in [0.717, 1.165) is 18.9 Å². The van der Waals surface area contributed by atoms with Crippen molar-refractivity contribution in [3.8, 4) is 0 Å². The number of carbonyl (C=O) groups excluding carboxylic acids is 1. The zero-order valence-electron chi connectivity index (χ0n) is 14.7. The number of carbonyl (C=O) groups is 1. The number of hydrogen-bond donors (Lipinski definition) is 4. The van der Waals surface area contributed by atoms with E-state index in [0.29, 0.717) is 17.4 Å². The normalized spacial score (nSPS) is 24.8. The molecular formula is C18H29N5O2. The zero-order valence-corrected chi connectivity index (χ0v) is 14.7. The Morgan fingerprint density at radius 3 is 2.80 bits per heavy atom. The Morgan fingerprint density at radius 2 is 2.04 bits per heavy atom. The van der Waals surface area contributed by atoms with Gasteiger partial charge in [0.1, 0.15) is 5.82 Å². The Bertz CT molecular complexity index is 639. The Morgan fingerprint density at radius 1 is 1.24 bits per heavy atom. The predicted molar refractivity (Wildman–Crippen MR) is 95.7 cm³/mol. The molecule has 1 aromatic heterocycles. The van der Waals surface area contributed by atoms with Gasteiger partial charge in [0.15, 0.2) is 0 Å². The molecule has 1 aromatic rings. The van der Waals surface area contributed by atoms with E-state index in [2.05, 4.69) is 20.6 Å². The van der Waals surface area contributed by atoms with Gasteiger partial charge in [-0.05, 0) is 31.2 Å². The third-order valence-electron chi connectivity index (χ3n) is 5.56. The molecule has 2 aliphatic rings. The largest absolute Gasteiger partial charge is 0.348 e. The molecule has 0 spiro atoms. The van der Waals surface area contributed by atoms with Crippen LogP contribution in [0.2, 0.25) is 0 Å². The van der Waals surface area contributed by atoms with Crippen molar-refractivity contribution < 1.29 is 4.79 Å². The van der Waals surface area contributed by atoms with E-state index < -0.39 is 0 Å². The molecule has 1 aliphatic heterocycles. The number of aromatic amines is 1. The van der Waals surface area contributed by atoms with Crippen LogP contribution in [-0.4, -0.2) is 28.5 Å². The summed E-state index contributed by atoms with van der Waals surface area (Å²) in [6.45, 7) is 1.32. The molecule has 1 amide bonds. The lowest BCUT2D eigenvalue weighted by Gasteiger charge is -2.36. The first-order valence-corrected chi connectivity index (χ1v) is 9.46. The fourth-order valence-corrected chi connectivity index (χ4v) is 4.23. The minimum absolute atomic E-state index is 0.0127. The molecule has 0 aromatic carbocycles. The molecule has 7 heteroatoms. The van der Waals surface area contributed by atoms with Gasteiger partial charge in [-0.2, -0.15) is 0 Å². The number of rotatable bonds is 5. The summed E-state index contributed by atoms with van der Waals surface area (Å²) in [6.07, 6.45) is 8.74. The summed E-state index contributed by atoms with van der Waals surface area (Å²) in [5.41, 5.74) is 5.82. The summed E-state index contributed by atoms with van der Waals surface area (Å²) in [5.74, 6) is 1.86. The Kier molecular flexibility index (Phi) is 6.20. The van der Waals surface area contributed by atoms with E-state index in [4.69, 9.17) is 5.73 Å². The first-order valence-electron chi connectivity index (χ1n) is 9.46. The van der Waals surface area contributed by atoms with E-state index in [1.54, 1.807) is 0 Å². The standard InChI is InChI=1S/C18H29N5O2/c19-10-14-9-17(24)23-16(22-14)11-21-18(25)15-8-13(6-7-20-15)12-4-2-1-3-5-12/h9,12-13,15,20H,1-8,10-11,19H2,(H,21,25)(H,22,23,24). The molecule has 0 radical (unpaired) electrons. The van der Waals surface area contributed by atoms with Crippen LogP contribution < -0.4 is 21.9 Å². The minimum atomic E-state index is -0.243. The Labute approximate surface area is 148 Å². The number of H-pyrrole nitrogens is 1. The SMILES string of the molecule is NCc1cc(=O)[nH]c(CNC(=O)C2CC(C3CCCCC3)CCN2)n1. The van der Waals surface area contributed by atoms with Gasteiger partial charge in [-0.1, -0.05) is 32.1 Å². The van der Waals surface area contributed by atoms with Gasteiger partial charge in [0.05, 0.1) is 18.3 Å². The summed E-state index contributed by atoms with van der Waals surface area (Å²) in [7, 11) is 0. The maximum atomic E-state index is 12.5. The first-order chi connectivity index (χ1) is 12.2. The molecule has 2 fully saturated rings. The monoisotopic (exact) mass is 347 g/mol. The topological polar surface area (TPSA) is 113 Å². The highest BCUT2D eigenvalue weighted by Gasteiger charge is 2.32. The number of piperidine rings is 1. The van der Waals surface area contributed by atoms with Crippen LogP contribution in [0.3, 0.4) is 0 Å². The number of aromatic nitrogens is 2. The van der Waals surface area contributed by atoms with Crippen molar-refractivity contribution in [2.75, 3.05) is 6.54 Å².